The van der Waals surface area contributed by atoms with E-state index < -0.39 is 19.9 Å². The molecule has 1 aromatic carbocycles. The third-order valence-electron chi connectivity index (χ3n) is 5.63. The number of ether oxygens (including phenoxy) is 1. The van der Waals surface area contributed by atoms with Crippen LogP contribution in [0.2, 0.25) is 25.7 Å². The van der Waals surface area contributed by atoms with Crippen LogP contribution in [0.1, 0.15) is 11.4 Å². The lowest BCUT2D eigenvalue weighted by Crippen LogP contribution is -2.22. The Hall–Kier alpha value is -3.52. The van der Waals surface area contributed by atoms with Gasteiger partial charge in [-0.25, -0.2) is 4.98 Å². The van der Waals surface area contributed by atoms with E-state index in [1.807, 2.05) is 0 Å². The Kier molecular flexibility index (Phi) is 7.26. The number of hydrogen-bond donors (Lipinski definition) is 1. The van der Waals surface area contributed by atoms with Gasteiger partial charge < -0.3 is 9.84 Å². The van der Waals surface area contributed by atoms with Gasteiger partial charge in [0.25, 0.3) is 0 Å². The average molecular weight is 511 g/mol. The van der Waals surface area contributed by atoms with Crippen molar-refractivity contribution < 1.29 is 23.0 Å². The Morgan fingerprint density at radius 1 is 1.06 bits per heavy atom. The van der Waals surface area contributed by atoms with Crippen molar-refractivity contribution >= 4 is 13.6 Å². The van der Waals surface area contributed by atoms with Crippen LogP contribution < -0.4 is 0 Å². The van der Waals surface area contributed by atoms with Crippen molar-refractivity contribution in [3.63, 3.8) is 0 Å². The van der Waals surface area contributed by atoms with E-state index in [0.717, 1.165) is 11.6 Å². The summed E-state index contributed by atoms with van der Waals surface area (Å²) in [7, 11) is -1.38. The number of phenols is 1. The molecule has 1 aliphatic rings. The van der Waals surface area contributed by atoms with Gasteiger partial charge in [0.2, 0.25) is 0 Å². The smallest absolute Gasteiger partial charge is 0.435 e. The van der Waals surface area contributed by atoms with Crippen LogP contribution in [0.15, 0.2) is 66.9 Å². The van der Waals surface area contributed by atoms with Gasteiger partial charge in [-0.1, -0.05) is 19.6 Å². The molecule has 0 radical (unpaired) electrons. The number of aromatic nitrogens is 3. The van der Waals surface area contributed by atoms with Crippen LogP contribution in [0.25, 0.3) is 28.2 Å². The zero-order valence-electron chi connectivity index (χ0n) is 20.3. The van der Waals surface area contributed by atoms with Gasteiger partial charge in [0, 0.05) is 38.1 Å². The third-order valence-corrected chi connectivity index (χ3v) is 7.33. The molecule has 0 bridgehead atoms. The third kappa shape index (κ3) is 5.99. The molecule has 0 saturated carbocycles. The maximum atomic E-state index is 14.2. The van der Waals surface area contributed by atoms with Gasteiger partial charge in [0.1, 0.15) is 41.7 Å². The topological polar surface area (TPSA) is 60.2 Å². The van der Waals surface area contributed by atoms with Crippen LogP contribution >= 0.6 is 0 Å². The molecular weight excluding hydrogens is 483 g/mol. The second kappa shape index (κ2) is 10.2. The first-order valence-electron chi connectivity index (χ1n) is 11.5. The molecule has 186 valence electrons. The van der Waals surface area contributed by atoms with Gasteiger partial charge in [-0.15, -0.1) is 0 Å². The summed E-state index contributed by atoms with van der Waals surface area (Å²) in [6, 6.07) is 10.8. The molecule has 4 rings (SSSR count). The number of hydrogen-bond acceptors (Lipinski definition) is 4. The largest absolute Gasteiger partial charge is 0.508 e. The van der Waals surface area contributed by atoms with Crippen LogP contribution in [-0.2, 0) is 17.6 Å². The number of aromatic hydroxyl groups is 1. The highest BCUT2D eigenvalue weighted by molar-refractivity contribution is 6.76. The second-order valence-electron chi connectivity index (χ2n) is 9.67. The molecule has 36 heavy (non-hydrogen) atoms. The lowest BCUT2D eigenvalue weighted by atomic mass is 10.1. The van der Waals surface area contributed by atoms with Crippen molar-refractivity contribution in [2.45, 2.75) is 38.6 Å². The van der Waals surface area contributed by atoms with E-state index in [-0.39, 0.29) is 24.0 Å². The van der Waals surface area contributed by atoms with E-state index in [9.17, 15) is 18.3 Å². The summed E-state index contributed by atoms with van der Waals surface area (Å²) in [4.78, 5) is 8.50. The summed E-state index contributed by atoms with van der Waals surface area (Å²) in [5, 5.41) is 9.51. The Labute approximate surface area is 209 Å². The summed E-state index contributed by atoms with van der Waals surface area (Å²) in [6.45, 7) is 7.03. The molecular formula is C27H27F3N3O2Si+. The van der Waals surface area contributed by atoms with Gasteiger partial charge in [-0.05, 0) is 42.4 Å². The zero-order valence-corrected chi connectivity index (χ0v) is 21.3. The van der Waals surface area contributed by atoms with E-state index >= 15 is 0 Å². The minimum absolute atomic E-state index is 0.0536. The molecule has 2 heterocycles. The van der Waals surface area contributed by atoms with Gasteiger partial charge in [0.05, 0.1) is 17.8 Å². The molecule has 3 aromatic rings. The predicted octanol–water partition coefficient (Wildman–Crippen LogP) is 6.96. The number of allylic oxidation sites excluding steroid dienone is 6. The standard InChI is InChI=1S/C27H26F3N3O2Si/c1-36(2,3)16-15-35-18-33-24(20-7-5-4-6-8-20)25(27(28,29)30)32-26(33)21-11-14-23(31-17-21)19-9-12-22(34)13-10-19/h5-14,17H,15-16,18H2,1-3H3/p+1. The van der Waals surface area contributed by atoms with E-state index in [1.54, 1.807) is 60.7 Å². The van der Waals surface area contributed by atoms with Crippen LogP contribution in [0, 0.1) is 6.08 Å². The highest BCUT2D eigenvalue weighted by atomic mass is 28.3. The van der Waals surface area contributed by atoms with Crippen LogP contribution in [0.4, 0.5) is 13.2 Å². The Bertz CT molecular complexity index is 1300. The maximum Gasteiger partial charge on any atom is 0.435 e. The fourth-order valence-electron chi connectivity index (χ4n) is 3.70. The van der Waals surface area contributed by atoms with Crippen LogP contribution in [0.5, 0.6) is 5.75 Å². The summed E-state index contributed by atoms with van der Waals surface area (Å²) >= 11 is 0. The molecule has 0 unspecified atom stereocenters. The minimum atomic E-state index is -4.66. The summed E-state index contributed by atoms with van der Waals surface area (Å²) in [5.41, 5.74) is 1.18. The summed E-state index contributed by atoms with van der Waals surface area (Å²) in [6.07, 6.45) is 6.02. The van der Waals surface area contributed by atoms with Crippen LogP contribution in [0.3, 0.4) is 0 Å². The molecule has 0 amide bonds. The van der Waals surface area contributed by atoms with Crippen molar-refractivity contribution in [3.8, 4) is 28.4 Å². The Morgan fingerprint density at radius 3 is 2.36 bits per heavy atom. The SMILES string of the molecule is C[Si](C)(C)CCOCn1c(-c2ccc(-c3ccc(O)cc3)nc2)nc(C(F)(F)F)c1C1=CC=[C+]C=C1. The fourth-order valence-corrected chi connectivity index (χ4v) is 4.45. The van der Waals surface area contributed by atoms with E-state index in [2.05, 4.69) is 35.7 Å². The minimum Gasteiger partial charge on any atom is -0.508 e. The Balaban J connectivity index is 1.77. The van der Waals surface area contributed by atoms with Crippen molar-refractivity contribution in [2.24, 2.45) is 0 Å². The number of imidazole rings is 1. The van der Waals surface area contributed by atoms with E-state index in [1.165, 1.54) is 10.8 Å². The van der Waals surface area contributed by atoms with Gasteiger partial charge in [0.15, 0.2) is 5.69 Å². The average Bonchev–Trinajstić information content (AvgIpc) is 3.22. The highest BCUT2D eigenvalue weighted by Gasteiger charge is 2.41. The van der Waals surface area contributed by atoms with Crippen molar-refractivity contribution in [3.05, 3.63) is 84.4 Å². The number of phenolic OH excluding ortho intramolecular Hbond substituents is 1. The highest BCUT2D eigenvalue weighted by Crippen LogP contribution is 2.38. The number of benzene rings is 1. The van der Waals surface area contributed by atoms with Gasteiger partial charge in [-0.2, -0.15) is 13.2 Å². The number of rotatable bonds is 8. The van der Waals surface area contributed by atoms with Crippen molar-refractivity contribution in [2.75, 3.05) is 6.61 Å². The van der Waals surface area contributed by atoms with Crippen molar-refractivity contribution in [1.82, 2.24) is 14.5 Å². The molecule has 1 N–H and O–H groups in total. The first kappa shape index (κ1) is 25.6. The molecule has 9 heteroatoms. The molecule has 0 aliphatic heterocycles. The molecule has 0 fully saturated rings. The zero-order chi connectivity index (χ0) is 25.9. The van der Waals surface area contributed by atoms with Crippen molar-refractivity contribution in [1.29, 1.82) is 0 Å². The molecule has 0 atom stereocenters. The number of nitrogens with zero attached hydrogens (tertiary/aromatic N) is 3. The maximum absolute atomic E-state index is 14.2. The first-order chi connectivity index (χ1) is 17.0. The van der Waals surface area contributed by atoms with E-state index in [4.69, 9.17) is 4.74 Å². The molecule has 1 aliphatic carbocycles. The second-order valence-corrected chi connectivity index (χ2v) is 15.3. The number of alkyl halides is 3. The first-order valence-corrected chi connectivity index (χ1v) is 15.2. The lowest BCUT2D eigenvalue weighted by molar-refractivity contribution is -0.141. The molecule has 2 aromatic heterocycles. The number of pyridine rings is 1. The molecule has 0 saturated heterocycles. The normalized spacial score (nSPS) is 13.6. The monoisotopic (exact) mass is 510 g/mol. The number of halogens is 3. The molecule has 5 nitrogen and oxygen atoms in total. The Morgan fingerprint density at radius 2 is 1.78 bits per heavy atom. The quantitative estimate of drug-likeness (QED) is 0.202. The summed E-state index contributed by atoms with van der Waals surface area (Å²) < 4.78 is 49.8. The summed E-state index contributed by atoms with van der Waals surface area (Å²) in [5.74, 6) is 0.264. The van der Waals surface area contributed by atoms with Gasteiger partial charge in [-0.3, -0.25) is 9.55 Å². The lowest BCUT2D eigenvalue weighted by Gasteiger charge is -2.17. The predicted molar refractivity (Wildman–Crippen MR) is 137 cm³/mol. The molecule has 0 spiro atoms. The van der Waals surface area contributed by atoms with Crippen LogP contribution in [-0.4, -0.2) is 34.3 Å². The van der Waals surface area contributed by atoms with Gasteiger partial charge >= 0.3 is 6.18 Å². The fraction of sp³-hybridized carbons (Fsp3) is 0.259. The van der Waals surface area contributed by atoms with E-state index in [0.29, 0.717) is 23.4 Å².